The zero-order valence-corrected chi connectivity index (χ0v) is 24.5. The number of nitrogens with zero attached hydrogens (tertiary/aromatic N) is 4. The number of aliphatic imine (C=N–C) groups is 1. The van der Waals surface area contributed by atoms with Crippen LogP contribution in [0, 0.1) is 32.6 Å². The molecule has 4 N–H and O–H groups in total. The highest BCUT2D eigenvalue weighted by atomic mass is 35.5. The average molecular weight is 596 g/mol. The van der Waals surface area contributed by atoms with Gasteiger partial charge < -0.3 is 16.2 Å². The molecule has 11 heteroatoms. The number of nitrogens with two attached hydrogens (primary N) is 1. The number of nitrogens with one attached hydrogen (secondary N) is 1. The molecule has 0 saturated heterocycles. The number of amides is 1. The van der Waals surface area contributed by atoms with Gasteiger partial charge >= 0.3 is 0 Å². The zero-order valence-electron chi connectivity index (χ0n) is 22.2. The largest absolute Gasteiger partial charge is 0.392 e. The van der Waals surface area contributed by atoms with Crippen LogP contribution >= 0.6 is 35.3 Å². The molecule has 8 nitrogen and oxygen atoms in total. The van der Waals surface area contributed by atoms with E-state index < -0.39 is 6.04 Å². The lowest BCUT2D eigenvalue weighted by Crippen LogP contribution is -2.17. The fourth-order valence-corrected chi connectivity index (χ4v) is 5.91. The van der Waals surface area contributed by atoms with Crippen LogP contribution in [-0.4, -0.2) is 38.0 Å². The molecule has 1 atom stereocenters. The first kappa shape index (κ1) is 29.5. The van der Waals surface area contributed by atoms with Crippen LogP contribution in [0.2, 0.25) is 5.02 Å². The van der Waals surface area contributed by atoms with Gasteiger partial charge in [0, 0.05) is 32.3 Å². The third-order valence-electron chi connectivity index (χ3n) is 6.62. The lowest BCUT2D eigenvalue weighted by Gasteiger charge is -2.14. The maximum Gasteiger partial charge on any atom is 0.227 e. The summed E-state index contributed by atoms with van der Waals surface area (Å²) in [5.74, 6) is 6.85. The summed E-state index contributed by atoms with van der Waals surface area (Å²) < 4.78 is 2.01. The summed E-state index contributed by atoms with van der Waals surface area (Å²) >= 11 is 7.85. The van der Waals surface area contributed by atoms with Crippen molar-refractivity contribution in [2.75, 3.05) is 11.9 Å². The van der Waals surface area contributed by atoms with Gasteiger partial charge in [0.25, 0.3) is 0 Å². The minimum atomic E-state index is -0.579. The van der Waals surface area contributed by atoms with E-state index in [0.717, 1.165) is 33.2 Å². The van der Waals surface area contributed by atoms with E-state index in [1.165, 1.54) is 4.88 Å². The van der Waals surface area contributed by atoms with Gasteiger partial charge in [-0.25, -0.2) is 0 Å². The predicted molar refractivity (Wildman–Crippen MR) is 162 cm³/mol. The molecular weight excluding hydrogens is 567 g/mol. The zero-order chi connectivity index (χ0) is 27.7. The Morgan fingerprint density at radius 3 is 2.62 bits per heavy atom. The monoisotopic (exact) mass is 594 g/mol. The fourth-order valence-electron chi connectivity index (χ4n) is 4.57. The number of aromatic nitrogens is 3. The molecule has 3 heterocycles. The van der Waals surface area contributed by atoms with Crippen molar-refractivity contribution < 1.29 is 9.90 Å². The summed E-state index contributed by atoms with van der Waals surface area (Å²) in [5.41, 5.74) is 11.2. The molecule has 1 aliphatic heterocycles. The third kappa shape index (κ3) is 5.68. The Bertz CT molecular complexity index is 1660. The lowest BCUT2D eigenvalue weighted by atomic mass is 9.99. The molecule has 1 amide bonds. The molecule has 1 unspecified atom stereocenters. The number of benzene rings is 2. The summed E-state index contributed by atoms with van der Waals surface area (Å²) in [5, 5.41) is 23.0. The molecule has 0 bridgehead atoms. The molecule has 0 saturated carbocycles. The number of carbonyl (C=O) groups is 1. The van der Waals surface area contributed by atoms with Gasteiger partial charge in [0.15, 0.2) is 5.82 Å². The summed E-state index contributed by atoms with van der Waals surface area (Å²) in [7, 11) is 0. The van der Waals surface area contributed by atoms with Crippen LogP contribution in [0.5, 0.6) is 0 Å². The van der Waals surface area contributed by atoms with Crippen LogP contribution in [-0.2, 0) is 11.4 Å². The van der Waals surface area contributed by atoms with E-state index in [2.05, 4.69) is 41.2 Å². The Labute approximate surface area is 247 Å². The van der Waals surface area contributed by atoms with Crippen LogP contribution in [0.25, 0.3) is 5.00 Å². The Balaban J connectivity index is 0.00000370. The summed E-state index contributed by atoms with van der Waals surface area (Å²) in [6.45, 7) is 6.12. The number of fused-ring (bicyclic) bond motifs is 3. The number of anilines is 1. The maximum absolute atomic E-state index is 13.4. The highest BCUT2D eigenvalue weighted by Crippen LogP contribution is 2.39. The van der Waals surface area contributed by atoms with Crippen molar-refractivity contribution in [3.05, 3.63) is 91.8 Å². The molecule has 0 aliphatic carbocycles. The van der Waals surface area contributed by atoms with Crippen LogP contribution in [0.3, 0.4) is 0 Å². The van der Waals surface area contributed by atoms with E-state index >= 15 is 0 Å². The molecule has 5 rings (SSSR count). The quantitative estimate of drug-likeness (QED) is 0.279. The summed E-state index contributed by atoms with van der Waals surface area (Å²) in [6.07, 6.45) is 0.0494. The minimum Gasteiger partial charge on any atom is -0.392 e. The molecule has 2 aromatic carbocycles. The van der Waals surface area contributed by atoms with Gasteiger partial charge in [-0.05, 0) is 56.2 Å². The van der Waals surface area contributed by atoms with Crippen LogP contribution in [0.15, 0.2) is 47.5 Å². The second kappa shape index (κ2) is 12.3. The highest BCUT2D eigenvalue weighted by Gasteiger charge is 2.32. The first-order valence-electron chi connectivity index (χ1n) is 12.4. The minimum absolute atomic E-state index is 0. The van der Waals surface area contributed by atoms with Crippen molar-refractivity contribution in [2.24, 2.45) is 10.7 Å². The molecular formula is C29H28Cl2N6O2S. The van der Waals surface area contributed by atoms with Crippen molar-refractivity contribution in [1.82, 2.24) is 14.8 Å². The number of halogens is 2. The van der Waals surface area contributed by atoms with E-state index in [4.69, 9.17) is 22.3 Å². The van der Waals surface area contributed by atoms with E-state index in [1.807, 2.05) is 35.8 Å². The SMILES string of the molecule is Cc1sc2c(c1C)C(c1ccc(Cl)cc1)=NC(CC(=O)Nc1ccc(CO)c(C#CCN)c1)c1nnc(C)n1-2.Cl. The summed E-state index contributed by atoms with van der Waals surface area (Å²) in [6, 6.07) is 12.2. The number of hydrogen-bond acceptors (Lipinski definition) is 7. The number of aliphatic hydroxyl groups is 1. The van der Waals surface area contributed by atoms with Gasteiger partial charge in [-0.15, -0.1) is 33.9 Å². The van der Waals surface area contributed by atoms with Crippen molar-refractivity contribution in [2.45, 2.75) is 39.8 Å². The maximum atomic E-state index is 13.4. The highest BCUT2D eigenvalue weighted by molar-refractivity contribution is 7.15. The normalized spacial score (nSPS) is 13.7. The Morgan fingerprint density at radius 2 is 1.93 bits per heavy atom. The van der Waals surface area contributed by atoms with Gasteiger partial charge in [-0.3, -0.25) is 14.4 Å². The Hall–Kier alpha value is -3.52. The molecule has 0 radical (unpaired) electrons. The second-order valence-electron chi connectivity index (χ2n) is 9.19. The van der Waals surface area contributed by atoms with Gasteiger partial charge in [0.2, 0.25) is 5.91 Å². The van der Waals surface area contributed by atoms with E-state index in [9.17, 15) is 9.90 Å². The van der Waals surface area contributed by atoms with Crippen molar-refractivity contribution in [3.63, 3.8) is 0 Å². The number of aliphatic hydroxyl groups excluding tert-OH is 1. The molecule has 2 aromatic heterocycles. The van der Waals surface area contributed by atoms with Crippen molar-refractivity contribution >= 4 is 52.7 Å². The molecule has 1 aliphatic rings. The summed E-state index contributed by atoms with van der Waals surface area (Å²) in [4.78, 5) is 19.7. The second-order valence-corrected chi connectivity index (χ2v) is 10.8. The average Bonchev–Trinajstić information content (AvgIpc) is 3.40. The number of carbonyl (C=O) groups excluding carboxylic acids is 1. The predicted octanol–water partition coefficient (Wildman–Crippen LogP) is 5.05. The molecule has 0 spiro atoms. The van der Waals surface area contributed by atoms with Gasteiger partial charge in [-0.1, -0.05) is 41.6 Å². The number of aryl methyl sites for hydroxylation is 2. The molecule has 0 fully saturated rings. The smallest absolute Gasteiger partial charge is 0.227 e. The first-order valence-corrected chi connectivity index (χ1v) is 13.6. The van der Waals surface area contributed by atoms with E-state index in [0.29, 0.717) is 27.7 Å². The molecule has 40 heavy (non-hydrogen) atoms. The van der Waals surface area contributed by atoms with Gasteiger partial charge in [0.1, 0.15) is 16.9 Å². The topological polar surface area (TPSA) is 118 Å². The van der Waals surface area contributed by atoms with Crippen molar-refractivity contribution in [1.29, 1.82) is 0 Å². The Kier molecular flexibility index (Phi) is 9.08. The van der Waals surface area contributed by atoms with Gasteiger partial charge in [0.05, 0.1) is 25.3 Å². The van der Waals surface area contributed by atoms with E-state index in [1.54, 1.807) is 29.5 Å². The number of hydrogen-bond donors (Lipinski definition) is 3. The van der Waals surface area contributed by atoms with Crippen LogP contribution in [0.1, 0.15) is 56.8 Å². The molecule has 4 aromatic rings. The number of rotatable bonds is 5. The van der Waals surface area contributed by atoms with Crippen LogP contribution < -0.4 is 11.1 Å². The third-order valence-corrected chi connectivity index (χ3v) is 8.07. The number of thiophene rings is 1. The fraction of sp³-hybridized carbons (Fsp3) is 0.241. The Morgan fingerprint density at radius 1 is 1.18 bits per heavy atom. The van der Waals surface area contributed by atoms with Crippen LogP contribution in [0.4, 0.5) is 5.69 Å². The first-order chi connectivity index (χ1) is 18.8. The van der Waals surface area contributed by atoms with Crippen molar-refractivity contribution in [3.8, 4) is 16.8 Å². The standard InChI is InChI=1S/C29H27ClN6O2S.ClH/c1-16-17(2)39-29-26(16)27(19-6-9-22(30)10-7-19)33-24(28-35-34-18(3)36(28)29)14-25(38)32-23-11-8-21(15-37)20(13-23)5-4-12-31;/h6-11,13,24,37H,12,14-15,31H2,1-3H3,(H,32,38);1H. The lowest BCUT2D eigenvalue weighted by molar-refractivity contribution is -0.116. The van der Waals surface area contributed by atoms with E-state index in [-0.39, 0.29) is 37.9 Å². The molecule has 206 valence electrons. The van der Waals surface area contributed by atoms with Gasteiger partial charge in [-0.2, -0.15) is 0 Å².